The SMILES string of the molecule is COC(=O)C(C#N)C(F)(F)F. The quantitative estimate of drug-likeness (QED) is 0.544. The molecule has 6 heteroatoms. The third-order valence-electron chi connectivity index (χ3n) is 0.893. The Morgan fingerprint density at radius 3 is 2.18 bits per heavy atom. The van der Waals surface area contributed by atoms with Gasteiger partial charge in [0.15, 0.2) is 0 Å². The number of alkyl halides is 3. The predicted molar refractivity (Wildman–Crippen MR) is 27.2 cm³/mol. The van der Waals surface area contributed by atoms with E-state index in [4.69, 9.17) is 5.26 Å². The molecule has 0 spiro atoms. The van der Waals surface area contributed by atoms with E-state index in [0.29, 0.717) is 0 Å². The van der Waals surface area contributed by atoms with Crippen molar-refractivity contribution in [1.29, 1.82) is 5.26 Å². The second kappa shape index (κ2) is 3.23. The molecule has 0 saturated heterocycles. The number of rotatable bonds is 1. The Hall–Kier alpha value is -1.25. The molecule has 0 fully saturated rings. The van der Waals surface area contributed by atoms with E-state index in [0.717, 1.165) is 13.2 Å². The molecule has 62 valence electrons. The highest BCUT2D eigenvalue weighted by molar-refractivity contribution is 5.75. The first-order valence-electron chi connectivity index (χ1n) is 2.47. The van der Waals surface area contributed by atoms with Gasteiger partial charge < -0.3 is 4.74 Å². The molecule has 0 radical (unpaired) electrons. The van der Waals surface area contributed by atoms with Gasteiger partial charge in [0.05, 0.1) is 13.2 Å². The predicted octanol–water partition coefficient (Wildman–Crippen LogP) is 0.861. The summed E-state index contributed by atoms with van der Waals surface area (Å²) in [5.41, 5.74) is 0. The van der Waals surface area contributed by atoms with Crippen molar-refractivity contribution in [2.24, 2.45) is 5.92 Å². The van der Waals surface area contributed by atoms with Crippen LogP contribution in [-0.2, 0) is 9.53 Å². The van der Waals surface area contributed by atoms with E-state index in [9.17, 15) is 18.0 Å². The van der Waals surface area contributed by atoms with Gasteiger partial charge in [-0.2, -0.15) is 18.4 Å². The van der Waals surface area contributed by atoms with Crippen LogP contribution in [0.3, 0.4) is 0 Å². The van der Waals surface area contributed by atoms with Gasteiger partial charge in [-0.05, 0) is 0 Å². The van der Waals surface area contributed by atoms with E-state index < -0.39 is 18.1 Å². The van der Waals surface area contributed by atoms with Crippen LogP contribution in [0.5, 0.6) is 0 Å². The Morgan fingerprint density at radius 2 is 2.09 bits per heavy atom. The molecular weight excluding hydrogens is 163 g/mol. The molecule has 1 unspecified atom stereocenters. The molecule has 0 bridgehead atoms. The molecule has 0 aliphatic carbocycles. The number of esters is 1. The number of carbonyl (C=O) groups excluding carboxylic acids is 1. The summed E-state index contributed by atoms with van der Waals surface area (Å²) in [5.74, 6) is -4.26. The Labute approximate surface area is 60.4 Å². The second-order valence-corrected chi connectivity index (χ2v) is 1.63. The molecule has 3 nitrogen and oxygen atoms in total. The molecule has 0 aliphatic heterocycles. The molecule has 0 N–H and O–H groups in total. The number of methoxy groups -OCH3 is 1. The number of halogens is 3. The van der Waals surface area contributed by atoms with Crippen LogP contribution in [0.1, 0.15) is 0 Å². The summed E-state index contributed by atoms with van der Waals surface area (Å²) in [7, 11) is 0.790. The van der Waals surface area contributed by atoms with Crippen LogP contribution < -0.4 is 0 Å². The van der Waals surface area contributed by atoms with Crippen molar-refractivity contribution in [3.8, 4) is 6.07 Å². The highest BCUT2D eigenvalue weighted by Crippen LogP contribution is 2.26. The Kier molecular flexibility index (Phi) is 2.87. The van der Waals surface area contributed by atoms with Crippen LogP contribution in [0.4, 0.5) is 13.2 Å². The maximum Gasteiger partial charge on any atom is 0.415 e. The third kappa shape index (κ3) is 2.45. The Bertz CT molecular complexity index is 193. The average Bonchev–Trinajstić information content (AvgIpc) is 1.86. The monoisotopic (exact) mass is 167 g/mol. The average molecular weight is 167 g/mol. The normalized spacial score (nSPS) is 13.4. The largest absolute Gasteiger partial charge is 0.468 e. The molecule has 0 saturated carbocycles. The van der Waals surface area contributed by atoms with Gasteiger partial charge in [-0.3, -0.25) is 4.79 Å². The van der Waals surface area contributed by atoms with E-state index in [1.54, 1.807) is 0 Å². The summed E-state index contributed by atoms with van der Waals surface area (Å²) in [4.78, 5) is 10.2. The zero-order valence-electron chi connectivity index (χ0n) is 5.47. The van der Waals surface area contributed by atoms with E-state index in [-0.39, 0.29) is 0 Å². The van der Waals surface area contributed by atoms with Crippen LogP contribution in [-0.4, -0.2) is 19.3 Å². The molecule has 0 aromatic heterocycles. The fourth-order valence-electron chi connectivity index (χ4n) is 0.377. The molecule has 0 rings (SSSR count). The lowest BCUT2D eigenvalue weighted by Gasteiger charge is -2.09. The summed E-state index contributed by atoms with van der Waals surface area (Å²) in [6.07, 6.45) is -4.85. The maximum atomic E-state index is 11.6. The topological polar surface area (TPSA) is 50.1 Å². The minimum absolute atomic E-state index is 0.790. The van der Waals surface area contributed by atoms with E-state index >= 15 is 0 Å². The number of nitriles is 1. The first kappa shape index (κ1) is 9.75. The van der Waals surface area contributed by atoms with Crippen LogP contribution in [0.2, 0.25) is 0 Å². The van der Waals surface area contributed by atoms with Gasteiger partial charge in [0.25, 0.3) is 0 Å². The number of hydrogen-bond donors (Lipinski definition) is 0. The fraction of sp³-hybridized carbons (Fsp3) is 0.600. The molecule has 0 heterocycles. The molecule has 0 aromatic carbocycles. The smallest absolute Gasteiger partial charge is 0.415 e. The fourth-order valence-corrected chi connectivity index (χ4v) is 0.377. The number of hydrogen-bond acceptors (Lipinski definition) is 3. The highest BCUT2D eigenvalue weighted by atomic mass is 19.4. The molecule has 0 amide bonds. The van der Waals surface area contributed by atoms with Gasteiger partial charge in [-0.25, -0.2) is 0 Å². The van der Waals surface area contributed by atoms with Gasteiger partial charge in [0.1, 0.15) is 0 Å². The van der Waals surface area contributed by atoms with Gasteiger partial charge >= 0.3 is 12.1 Å². The first-order chi connectivity index (χ1) is 4.93. The van der Waals surface area contributed by atoms with Crippen molar-refractivity contribution in [1.82, 2.24) is 0 Å². The zero-order chi connectivity index (χ0) is 9.07. The maximum absolute atomic E-state index is 11.6. The van der Waals surface area contributed by atoms with Crippen molar-refractivity contribution in [2.45, 2.75) is 6.18 Å². The van der Waals surface area contributed by atoms with Gasteiger partial charge in [-0.15, -0.1) is 0 Å². The highest BCUT2D eigenvalue weighted by Gasteiger charge is 2.46. The zero-order valence-corrected chi connectivity index (χ0v) is 5.47. The lowest BCUT2D eigenvalue weighted by atomic mass is 10.2. The van der Waals surface area contributed by atoms with Gasteiger partial charge in [0, 0.05) is 0 Å². The number of ether oxygens (including phenoxy) is 1. The van der Waals surface area contributed by atoms with E-state index in [2.05, 4.69) is 4.74 Å². The van der Waals surface area contributed by atoms with Crippen LogP contribution in [0, 0.1) is 17.2 Å². The Balaban J connectivity index is 4.45. The summed E-state index contributed by atoms with van der Waals surface area (Å²) in [6, 6.07) is 0.793. The van der Waals surface area contributed by atoms with Crippen molar-refractivity contribution >= 4 is 5.97 Å². The molecule has 0 aliphatic rings. The summed E-state index contributed by atoms with van der Waals surface area (Å²) in [5, 5.41) is 7.89. The Morgan fingerprint density at radius 1 is 1.64 bits per heavy atom. The lowest BCUT2D eigenvalue weighted by Crippen LogP contribution is -2.30. The minimum atomic E-state index is -4.85. The van der Waals surface area contributed by atoms with E-state index in [1.807, 2.05) is 0 Å². The van der Waals surface area contributed by atoms with Crippen molar-refractivity contribution in [3.05, 3.63) is 0 Å². The summed E-state index contributed by atoms with van der Waals surface area (Å²) >= 11 is 0. The molecule has 0 aromatic rings. The minimum Gasteiger partial charge on any atom is -0.468 e. The molecule has 1 atom stereocenters. The lowest BCUT2D eigenvalue weighted by molar-refractivity contribution is -0.184. The number of carbonyl (C=O) groups is 1. The standard InChI is InChI=1S/C5H4F3NO2/c1-11-4(10)3(2-9)5(6,7)8/h3H,1H3. The molecular formula is C5H4F3NO2. The van der Waals surface area contributed by atoms with Gasteiger partial charge in [0.2, 0.25) is 5.92 Å². The van der Waals surface area contributed by atoms with Crippen molar-refractivity contribution in [2.75, 3.05) is 7.11 Å². The van der Waals surface area contributed by atoms with Crippen molar-refractivity contribution < 1.29 is 22.7 Å². The second-order valence-electron chi connectivity index (χ2n) is 1.63. The number of nitrogens with zero attached hydrogens (tertiary/aromatic N) is 1. The first-order valence-corrected chi connectivity index (χ1v) is 2.47. The van der Waals surface area contributed by atoms with Crippen LogP contribution >= 0.6 is 0 Å². The third-order valence-corrected chi connectivity index (χ3v) is 0.893. The summed E-state index contributed by atoms with van der Waals surface area (Å²) < 4.78 is 38.7. The molecule has 11 heavy (non-hydrogen) atoms. The van der Waals surface area contributed by atoms with Gasteiger partial charge in [-0.1, -0.05) is 0 Å². The van der Waals surface area contributed by atoms with Crippen LogP contribution in [0.25, 0.3) is 0 Å². The summed E-state index contributed by atoms with van der Waals surface area (Å²) in [6.45, 7) is 0. The van der Waals surface area contributed by atoms with Crippen molar-refractivity contribution in [3.63, 3.8) is 0 Å². The van der Waals surface area contributed by atoms with E-state index in [1.165, 1.54) is 0 Å². The van der Waals surface area contributed by atoms with Crippen LogP contribution in [0.15, 0.2) is 0 Å².